The van der Waals surface area contributed by atoms with Crippen LogP contribution < -0.4 is 0 Å². The molecule has 0 N–H and O–H groups in total. The molecular formula is C29H60. The molecule has 29 heavy (non-hydrogen) atoms. The summed E-state index contributed by atoms with van der Waals surface area (Å²) in [4.78, 5) is 0. The molecule has 0 heterocycles. The van der Waals surface area contributed by atoms with Gasteiger partial charge in [0.05, 0.1) is 0 Å². The lowest BCUT2D eigenvalue weighted by atomic mass is 9.90. The van der Waals surface area contributed by atoms with E-state index in [1.807, 2.05) is 0 Å². The Bertz CT molecular complexity index is 307. The quantitative estimate of drug-likeness (QED) is 0.156. The maximum atomic E-state index is 2.50. The van der Waals surface area contributed by atoms with E-state index in [2.05, 4.69) is 41.5 Å². The predicted molar refractivity (Wildman–Crippen MR) is 136 cm³/mol. The minimum atomic E-state index is 0.942. The Balaban J connectivity index is 3.50. The molecule has 0 saturated carbocycles. The molecule has 0 heteroatoms. The van der Waals surface area contributed by atoms with E-state index < -0.39 is 0 Å². The number of rotatable bonds is 22. The fourth-order valence-corrected chi connectivity index (χ4v) is 4.85. The number of hydrogen-bond donors (Lipinski definition) is 0. The van der Waals surface area contributed by atoms with Crippen molar-refractivity contribution in [2.24, 2.45) is 23.7 Å². The Kier molecular flexibility index (Phi) is 21.2. The van der Waals surface area contributed by atoms with E-state index in [0.29, 0.717) is 0 Å². The van der Waals surface area contributed by atoms with Crippen LogP contribution in [-0.4, -0.2) is 0 Å². The van der Waals surface area contributed by atoms with Crippen LogP contribution in [0.1, 0.15) is 164 Å². The van der Waals surface area contributed by atoms with Crippen LogP contribution in [0.4, 0.5) is 0 Å². The smallest absolute Gasteiger partial charge is 0.0443 e. The minimum absolute atomic E-state index is 0.942. The Labute approximate surface area is 187 Å². The van der Waals surface area contributed by atoms with Crippen LogP contribution in [0.5, 0.6) is 0 Å². The molecule has 0 amide bonds. The normalized spacial score (nSPS) is 15.9. The van der Waals surface area contributed by atoms with Crippen LogP contribution in [0.3, 0.4) is 0 Å². The molecule has 0 aliphatic carbocycles. The molecule has 0 saturated heterocycles. The maximum Gasteiger partial charge on any atom is -0.0443 e. The predicted octanol–water partition coefficient (Wildman–Crippen LogP) is 11.0. The van der Waals surface area contributed by atoms with Gasteiger partial charge in [0.2, 0.25) is 0 Å². The summed E-state index contributed by atoms with van der Waals surface area (Å²) in [5.74, 6) is 3.79. The molecular weight excluding hydrogens is 348 g/mol. The highest BCUT2D eigenvalue weighted by Crippen LogP contribution is 2.24. The van der Waals surface area contributed by atoms with E-state index in [4.69, 9.17) is 0 Å². The number of hydrogen-bond acceptors (Lipinski definition) is 0. The topological polar surface area (TPSA) is 0 Å². The van der Waals surface area contributed by atoms with Crippen molar-refractivity contribution in [2.75, 3.05) is 0 Å². The van der Waals surface area contributed by atoms with Gasteiger partial charge >= 0.3 is 0 Å². The lowest BCUT2D eigenvalue weighted by molar-refractivity contribution is 0.365. The zero-order valence-electron chi connectivity index (χ0n) is 21.7. The van der Waals surface area contributed by atoms with Crippen LogP contribution in [0.25, 0.3) is 0 Å². The average Bonchev–Trinajstić information content (AvgIpc) is 2.69. The summed E-state index contributed by atoms with van der Waals surface area (Å²) >= 11 is 0. The van der Waals surface area contributed by atoms with E-state index in [1.54, 1.807) is 0 Å². The molecule has 0 rings (SSSR count). The van der Waals surface area contributed by atoms with Crippen LogP contribution in [0.15, 0.2) is 0 Å². The third-order valence-corrected chi connectivity index (χ3v) is 7.28. The van der Waals surface area contributed by atoms with Crippen LogP contribution in [0, 0.1) is 23.7 Å². The molecule has 176 valence electrons. The molecule has 0 aliphatic heterocycles. The first-order valence-corrected chi connectivity index (χ1v) is 14.0. The summed E-state index contributed by atoms with van der Waals surface area (Å²) in [6, 6.07) is 0. The van der Waals surface area contributed by atoms with E-state index in [0.717, 1.165) is 23.7 Å². The van der Waals surface area contributed by atoms with Crippen molar-refractivity contribution in [1.29, 1.82) is 0 Å². The molecule has 0 aromatic heterocycles. The van der Waals surface area contributed by atoms with Crippen molar-refractivity contribution in [3.63, 3.8) is 0 Å². The highest BCUT2D eigenvalue weighted by molar-refractivity contribution is 4.62. The summed E-state index contributed by atoms with van der Waals surface area (Å²) in [6.07, 6.45) is 27.5. The Morgan fingerprint density at radius 1 is 0.310 bits per heavy atom. The van der Waals surface area contributed by atoms with Gasteiger partial charge in [-0.25, -0.2) is 0 Å². The lowest BCUT2D eigenvalue weighted by Crippen LogP contribution is -2.02. The summed E-state index contributed by atoms with van der Waals surface area (Å²) in [5, 5.41) is 0. The van der Waals surface area contributed by atoms with Gasteiger partial charge < -0.3 is 0 Å². The molecule has 0 aromatic carbocycles. The first-order chi connectivity index (χ1) is 14.0. The van der Waals surface area contributed by atoms with Gasteiger partial charge in [-0.05, 0) is 23.7 Å². The van der Waals surface area contributed by atoms with Gasteiger partial charge in [0.15, 0.2) is 0 Å². The van der Waals surface area contributed by atoms with Crippen molar-refractivity contribution >= 4 is 0 Å². The van der Waals surface area contributed by atoms with Crippen molar-refractivity contribution in [3.05, 3.63) is 0 Å². The van der Waals surface area contributed by atoms with Gasteiger partial charge in [0, 0.05) is 0 Å². The van der Waals surface area contributed by atoms with E-state index >= 15 is 0 Å². The van der Waals surface area contributed by atoms with Crippen LogP contribution >= 0.6 is 0 Å². The second-order valence-corrected chi connectivity index (χ2v) is 10.9. The summed E-state index contributed by atoms with van der Waals surface area (Å²) < 4.78 is 0. The monoisotopic (exact) mass is 408 g/mol. The zero-order chi connectivity index (χ0) is 21.7. The highest BCUT2D eigenvalue weighted by Gasteiger charge is 2.09. The molecule has 0 fully saturated rings. The molecule has 0 bridgehead atoms. The Morgan fingerprint density at radius 2 is 0.586 bits per heavy atom. The standard InChI is InChI=1S/C29H60/c1-7-9-11-12-13-14-19-27(4)21-16-23-29(6)25-17-24-28(5)22-15-20-26(3)18-10-8-2/h26-29H,7-25H2,1-6H3. The van der Waals surface area contributed by atoms with Gasteiger partial charge in [0.1, 0.15) is 0 Å². The summed E-state index contributed by atoms with van der Waals surface area (Å²) in [7, 11) is 0. The first kappa shape index (κ1) is 29.0. The molecule has 4 atom stereocenters. The van der Waals surface area contributed by atoms with Gasteiger partial charge in [0.25, 0.3) is 0 Å². The first-order valence-electron chi connectivity index (χ1n) is 14.0. The molecule has 0 radical (unpaired) electrons. The summed E-state index contributed by atoms with van der Waals surface area (Å²) in [5.41, 5.74) is 0. The molecule has 0 aliphatic rings. The molecule has 0 nitrogen and oxygen atoms in total. The second-order valence-electron chi connectivity index (χ2n) is 10.9. The molecule has 0 aromatic rings. The Morgan fingerprint density at radius 3 is 0.966 bits per heavy atom. The van der Waals surface area contributed by atoms with E-state index in [1.165, 1.54) is 122 Å². The second kappa shape index (κ2) is 21.2. The van der Waals surface area contributed by atoms with Crippen molar-refractivity contribution < 1.29 is 0 Å². The fourth-order valence-electron chi connectivity index (χ4n) is 4.85. The number of unbranched alkanes of at least 4 members (excludes halogenated alkanes) is 6. The van der Waals surface area contributed by atoms with Gasteiger partial charge in [-0.3, -0.25) is 0 Å². The van der Waals surface area contributed by atoms with E-state index in [-0.39, 0.29) is 0 Å². The highest BCUT2D eigenvalue weighted by atomic mass is 14.1. The third kappa shape index (κ3) is 21.0. The van der Waals surface area contributed by atoms with E-state index in [9.17, 15) is 0 Å². The van der Waals surface area contributed by atoms with Crippen molar-refractivity contribution in [3.8, 4) is 0 Å². The van der Waals surface area contributed by atoms with Gasteiger partial charge in [-0.2, -0.15) is 0 Å². The van der Waals surface area contributed by atoms with Crippen molar-refractivity contribution in [2.45, 2.75) is 164 Å². The van der Waals surface area contributed by atoms with Crippen molar-refractivity contribution in [1.82, 2.24) is 0 Å². The minimum Gasteiger partial charge on any atom is -0.0654 e. The van der Waals surface area contributed by atoms with Gasteiger partial charge in [-0.15, -0.1) is 0 Å². The van der Waals surface area contributed by atoms with Gasteiger partial charge in [-0.1, -0.05) is 164 Å². The summed E-state index contributed by atoms with van der Waals surface area (Å²) in [6.45, 7) is 14.6. The zero-order valence-corrected chi connectivity index (χ0v) is 21.7. The van der Waals surface area contributed by atoms with Crippen LogP contribution in [0.2, 0.25) is 0 Å². The largest absolute Gasteiger partial charge is 0.0654 e. The molecule has 4 unspecified atom stereocenters. The fraction of sp³-hybridized carbons (Fsp3) is 1.00. The average molecular weight is 409 g/mol. The Hall–Kier alpha value is 0. The maximum absolute atomic E-state index is 2.50. The molecule has 0 spiro atoms. The third-order valence-electron chi connectivity index (χ3n) is 7.28. The van der Waals surface area contributed by atoms with Crippen LogP contribution in [-0.2, 0) is 0 Å². The SMILES string of the molecule is CCCCCCCCC(C)CCCC(C)CCCC(C)CCCC(C)CCCC. The lowest BCUT2D eigenvalue weighted by Gasteiger charge is -2.17.